The van der Waals surface area contributed by atoms with Crippen molar-refractivity contribution in [3.8, 4) is 0 Å². The van der Waals surface area contributed by atoms with Crippen LogP contribution in [0.25, 0.3) is 0 Å². The summed E-state index contributed by atoms with van der Waals surface area (Å²) in [5.41, 5.74) is 4.23. The minimum atomic E-state index is -0.657. The van der Waals surface area contributed by atoms with Crippen molar-refractivity contribution in [3.05, 3.63) is 70.8 Å². The number of carbonyl (C=O) groups is 1. The number of aliphatic hydroxyl groups excluding tert-OH is 2. The maximum Gasteiger partial charge on any atom is 0.254 e. The summed E-state index contributed by atoms with van der Waals surface area (Å²) in [5, 5.41) is 19.9. The summed E-state index contributed by atoms with van der Waals surface area (Å²) < 4.78 is 0. The van der Waals surface area contributed by atoms with Crippen LogP contribution >= 0.6 is 0 Å². The van der Waals surface area contributed by atoms with E-state index >= 15 is 0 Å². The quantitative estimate of drug-likeness (QED) is 0.879. The lowest BCUT2D eigenvalue weighted by atomic mass is 9.79. The first-order valence-corrected chi connectivity index (χ1v) is 9.80. The molecule has 4 atom stereocenters. The molecule has 142 valence electrons. The molecule has 27 heavy (non-hydrogen) atoms. The number of carbonyl (C=O) groups excluding carboxylic acids is 1. The van der Waals surface area contributed by atoms with Gasteiger partial charge in [0.25, 0.3) is 5.91 Å². The molecule has 4 nitrogen and oxygen atoms in total. The Kier molecular flexibility index (Phi) is 5.02. The van der Waals surface area contributed by atoms with Crippen LogP contribution < -0.4 is 0 Å². The fourth-order valence-electron chi connectivity index (χ4n) is 4.55. The maximum absolute atomic E-state index is 13.2. The molecule has 1 saturated carbocycles. The number of aliphatic hydroxyl groups is 2. The van der Waals surface area contributed by atoms with Gasteiger partial charge >= 0.3 is 0 Å². The van der Waals surface area contributed by atoms with Crippen LogP contribution in [0.5, 0.6) is 0 Å². The molecule has 1 heterocycles. The van der Waals surface area contributed by atoms with Crippen molar-refractivity contribution in [1.29, 1.82) is 0 Å². The number of hydrogen-bond donors (Lipinski definition) is 2. The van der Waals surface area contributed by atoms with Gasteiger partial charge in [0.1, 0.15) is 0 Å². The van der Waals surface area contributed by atoms with E-state index in [0.29, 0.717) is 25.9 Å². The predicted octanol–water partition coefficient (Wildman–Crippen LogP) is 2.79. The number of amides is 1. The molecule has 0 bridgehead atoms. The molecule has 2 aromatic carbocycles. The highest BCUT2D eigenvalue weighted by Gasteiger charge is 2.42. The first-order chi connectivity index (χ1) is 13.0. The van der Waals surface area contributed by atoms with Crippen molar-refractivity contribution in [1.82, 2.24) is 4.90 Å². The van der Waals surface area contributed by atoms with Gasteiger partial charge in [0.2, 0.25) is 0 Å². The largest absolute Gasteiger partial charge is 0.390 e. The van der Waals surface area contributed by atoms with Crippen molar-refractivity contribution in [2.24, 2.45) is 11.8 Å². The van der Waals surface area contributed by atoms with E-state index in [-0.39, 0.29) is 17.7 Å². The number of aryl methyl sites for hydroxylation is 1. The van der Waals surface area contributed by atoms with E-state index in [1.807, 2.05) is 29.2 Å². The predicted molar refractivity (Wildman–Crippen MR) is 105 cm³/mol. The molecule has 1 amide bonds. The summed E-state index contributed by atoms with van der Waals surface area (Å²) in [5.74, 6) is 0.643. The van der Waals surface area contributed by atoms with Crippen LogP contribution in [0.1, 0.15) is 39.9 Å². The van der Waals surface area contributed by atoms with Gasteiger partial charge in [-0.15, -0.1) is 0 Å². The normalized spacial score (nSPS) is 27.4. The first kappa shape index (κ1) is 18.2. The van der Waals surface area contributed by atoms with Gasteiger partial charge in [-0.3, -0.25) is 4.79 Å². The first-order valence-electron chi connectivity index (χ1n) is 9.80. The highest BCUT2D eigenvalue weighted by molar-refractivity contribution is 5.96. The highest BCUT2D eigenvalue weighted by atomic mass is 16.3. The van der Waals surface area contributed by atoms with Gasteiger partial charge < -0.3 is 15.1 Å². The molecule has 0 spiro atoms. The standard InChI is InChI=1S/C23H27NO3/c1-15-6-8-16(9-7-15)10-17-4-2-3-5-20(17)23(27)24-13-18-11-21(25)22(26)12-19(18)14-24/h2-9,18-19,21-22,25-26H,10-14H2,1H3/t18-,19+,21-,22-/m0/s1. The molecule has 4 rings (SSSR count). The fourth-order valence-corrected chi connectivity index (χ4v) is 4.55. The third-order valence-electron chi connectivity index (χ3n) is 6.16. The zero-order chi connectivity index (χ0) is 19.0. The minimum absolute atomic E-state index is 0.0658. The van der Waals surface area contributed by atoms with E-state index in [9.17, 15) is 15.0 Å². The molecule has 0 unspecified atom stereocenters. The molecular formula is C23H27NO3. The van der Waals surface area contributed by atoms with Gasteiger partial charge in [-0.2, -0.15) is 0 Å². The zero-order valence-electron chi connectivity index (χ0n) is 15.7. The molecule has 4 heteroatoms. The number of hydrogen-bond acceptors (Lipinski definition) is 3. The number of nitrogens with zero attached hydrogens (tertiary/aromatic N) is 1. The molecule has 2 aromatic rings. The summed E-state index contributed by atoms with van der Waals surface area (Å²) in [7, 11) is 0. The second kappa shape index (κ2) is 7.45. The van der Waals surface area contributed by atoms with Crippen LogP contribution in [0.2, 0.25) is 0 Å². The Morgan fingerprint density at radius 1 is 0.963 bits per heavy atom. The van der Waals surface area contributed by atoms with Crippen LogP contribution in [0.15, 0.2) is 48.5 Å². The van der Waals surface area contributed by atoms with E-state index in [2.05, 4.69) is 31.2 Å². The Balaban J connectivity index is 1.52. The third-order valence-corrected chi connectivity index (χ3v) is 6.16. The van der Waals surface area contributed by atoms with Crippen molar-refractivity contribution in [2.45, 2.75) is 38.4 Å². The van der Waals surface area contributed by atoms with Crippen LogP contribution in [0, 0.1) is 18.8 Å². The van der Waals surface area contributed by atoms with Crippen molar-refractivity contribution in [2.75, 3.05) is 13.1 Å². The summed E-state index contributed by atoms with van der Waals surface area (Å²) >= 11 is 0. The van der Waals surface area contributed by atoms with Crippen LogP contribution in [-0.4, -0.2) is 46.3 Å². The summed E-state index contributed by atoms with van der Waals surface area (Å²) in [4.78, 5) is 15.1. The zero-order valence-corrected chi connectivity index (χ0v) is 15.7. The van der Waals surface area contributed by atoms with E-state index < -0.39 is 12.2 Å². The molecule has 0 aromatic heterocycles. The van der Waals surface area contributed by atoms with E-state index in [4.69, 9.17) is 0 Å². The topological polar surface area (TPSA) is 60.8 Å². The Bertz CT molecular complexity index is 799. The smallest absolute Gasteiger partial charge is 0.254 e. The Morgan fingerprint density at radius 2 is 1.56 bits per heavy atom. The lowest BCUT2D eigenvalue weighted by molar-refractivity contribution is -0.0372. The fraction of sp³-hybridized carbons (Fsp3) is 0.435. The third kappa shape index (κ3) is 3.78. The lowest BCUT2D eigenvalue weighted by Crippen LogP contribution is -2.38. The van der Waals surface area contributed by atoms with Gasteiger partial charge in [0.05, 0.1) is 12.2 Å². The second-order valence-electron chi connectivity index (χ2n) is 8.16. The van der Waals surface area contributed by atoms with Crippen molar-refractivity contribution in [3.63, 3.8) is 0 Å². The van der Waals surface area contributed by atoms with Crippen molar-refractivity contribution >= 4 is 5.91 Å². The SMILES string of the molecule is Cc1ccc(Cc2ccccc2C(=O)N2C[C@H]3C[C@H](O)[C@@H](O)C[C@H]3C2)cc1. The Morgan fingerprint density at radius 3 is 2.19 bits per heavy atom. The molecule has 2 N–H and O–H groups in total. The molecule has 1 saturated heterocycles. The highest BCUT2D eigenvalue weighted by Crippen LogP contribution is 2.37. The summed E-state index contributed by atoms with van der Waals surface area (Å²) in [6.45, 7) is 3.42. The Labute approximate surface area is 160 Å². The van der Waals surface area contributed by atoms with Gasteiger partial charge in [-0.1, -0.05) is 48.0 Å². The van der Waals surface area contributed by atoms with E-state index in [1.54, 1.807) is 0 Å². The Hall–Kier alpha value is -2.17. The second-order valence-corrected chi connectivity index (χ2v) is 8.16. The molecule has 2 fully saturated rings. The van der Waals surface area contributed by atoms with Crippen LogP contribution in [-0.2, 0) is 6.42 Å². The molecule has 0 radical (unpaired) electrons. The number of likely N-dealkylation sites (tertiary alicyclic amines) is 1. The lowest BCUT2D eigenvalue weighted by Gasteiger charge is -2.31. The average Bonchev–Trinajstić information content (AvgIpc) is 3.06. The summed E-state index contributed by atoms with van der Waals surface area (Å²) in [6, 6.07) is 16.3. The monoisotopic (exact) mass is 365 g/mol. The number of rotatable bonds is 3. The van der Waals surface area contributed by atoms with Gasteiger partial charge in [0.15, 0.2) is 0 Å². The van der Waals surface area contributed by atoms with Crippen LogP contribution in [0.3, 0.4) is 0 Å². The minimum Gasteiger partial charge on any atom is -0.390 e. The average molecular weight is 365 g/mol. The molecule has 1 aliphatic heterocycles. The number of benzene rings is 2. The maximum atomic E-state index is 13.2. The van der Waals surface area contributed by atoms with E-state index in [0.717, 1.165) is 17.5 Å². The van der Waals surface area contributed by atoms with Gasteiger partial charge in [-0.25, -0.2) is 0 Å². The molecule has 2 aliphatic rings. The molecule has 1 aliphatic carbocycles. The van der Waals surface area contributed by atoms with E-state index in [1.165, 1.54) is 11.1 Å². The summed E-state index contributed by atoms with van der Waals surface area (Å²) in [6.07, 6.45) is 0.590. The van der Waals surface area contributed by atoms with Gasteiger partial charge in [-0.05, 0) is 55.2 Å². The van der Waals surface area contributed by atoms with Crippen molar-refractivity contribution < 1.29 is 15.0 Å². The van der Waals surface area contributed by atoms with Crippen LogP contribution in [0.4, 0.5) is 0 Å². The molecular weight excluding hydrogens is 338 g/mol. The number of fused-ring (bicyclic) bond motifs is 1. The van der Waals surface area contributed by atoms with Gasteiger partial charge in [0, 0.05) is 18.7 Å².